The van der Waals surface area contributed by atoms with Gasteiger partial charge in [-0.25, -0.2) is 0 Å². The van der Waals surface area contributed by atoms with Gasteiger partial charge in [0, 0.05) is 23.7 Å². The van der Waals surface area contributed by atoms with Gasteiger partial charge in [-0.3, -0.25) is 14.4 Å². The second-order valence-electron chi connectivity index (χ2n) is 11.9. The Hall–Kier alpha value is -3.24. The third kappa shape index (κ3) is 4.60. The first kappa shape index (κ1) is 29.7. The van der Waals surface area contributed by atoms with Crippen LogP contribution in [0.15, 0.2) is 23.4 Å². The van der Waals surface area contributed by atoms with Crippen molar-refractivity contribution in [2.75, 3.05) is 21.3 Å². The summed E-state index contributed by atoms with van der Waals surface area (Å²) >= 11 is 0. The molecule has 40 heavy (non-hydrogen) atoms. The van der Waals surface area contributed by atoms with Gasteiger partial charge in [-0.1, -0.05) is 40.5 Å². The van der Waals surface area contributed by atoms with Crippen LogP contribution in [0, 0.1) is 17.3 Å². The molecule has 4 rings (SSSR count). The maximum Gasteiger partial charge on any atom is 0.425 e. The lowest BCUT2D eigenvalue weighted by atomic mass is 9.72. The largest absolute Gasteiger partial charge is 0.493 e. The Morgan fingerprint density at radius 1 is 1.00 bits per heavy atom. The number of hydrogen-bond acceptors (Lipinski definition) is 6. The molecular weight excluding hydrogens is 529 g/mol. The van der Waals surface area contributed by atoms with E-state index in [2.05, 4.69) is 0 Å². The van der Waals surface area contributed by atoms with Crippen molar-refractivity contribution in [1.82, 2.24) is 10.2 Å². The molecule has 0 spiro atoms. The summed E-state index contributed by atoms with van der Waals surface area (Å²) in [6.07, 6.45) is -3.21. The summed E-state index contributed by atoms with van der Waals surface area (Å²) in [4.78, 5) is 42.5. The standard InChI is InChI=1S/C29H37F3N2O6/c1-15-9-8-10-18(16(15)2)34-19-13-27(3,4)14-20(35)23(19)28(26(34)37,29(30,31)32)33-25(36)17-11-21(38-5)24(40-7)22(12-17)39-6/h11-12,15-16,18H,8-10,13-14H2,1-7H3,(H,33,36). The van der Waals surface area contributed by atoms with Gasteiger partial charge < -0.3 is 24.4 Å². The number of nitrogens with one attached hydrogen (secondary N) is 1. The predicted molar refractivity (Wildman–Crippen MR) is 140 cm³/mol. The number of amides is 2. The van der Waals surface area contributed by atoms with Crippen LogP contribution in [0.1, 0.15) is 70.2 Å². The third-order valence-corrected chi connectivity index (χ3v) is 8.71. The number of alkyl halides is 3. The average Bonchev–Trinajstić information content (AvgIpc) is 3.11. The lowest BCUT2D eigenvalue weighted by Gasteiger charge is -2.43. The van der Waals surface area contributed by atoms with Crippen LogP contribution in [0.4, 0.5) is 13.2 Å². The summed E-state index contributed by atoms with van der Waals surface area (Å²) in [5, 5.41) is 2.00. The molecule has 220 valence electrons. The molecule has 1 N–H and O–H groups in total. The highest BCUT2D eigenvalue weighted by molar-refractivity contribution is 6.14. The summed E-state index contributed by atoms with van der Waals surface area (Å²) in [6, 6.07) is 1.87. The van der Waals surface area contributed by atoms with Crippen molar-refractivity contribution in [3.63, 3.8) is 0 Å². The zero-order chi connectivity index (χ0) is 29.8. The van der Waals surface area contributed by atoms with Crippen LogP contribution in [0.5, 0.6) is 17.2 Å². The van der Waals surface area contributed by atoms with E-state index in [1.165, 1.54) is 38.4 Å². The molecule has 3 aliphatic rings. The van der Waals surface area contributed by atoms with E-state index >= 15 is 13.2 Å². The number of methoxy groups -OCH3 is 3. The van der Waals surface area contributed by atoms with Crippen LogP contribution in [-0.2, 0) is 9.59 Å². The number of Topliss-reactive ketones (excluding diaryl/α,β-unsaturated/α-hetero) is 1. The number of carbonyl (C=O) groups excluding carboxylic acids is 3. The van der Waals surface area contributed by atoms with E-state index in [9.17, 15) is 14.4 Å². The van der Waals surface area contributed by atoms with Gasteiger partial charge in [-0.05, 0) is 42.2 Å². The van der Waals surface area contributed by atoms with Crippen molar-refractivity contribution in [2.24, 2.45) is 17.3 Å². The first-order valence-electron chi connectivity index (χ1n) is 13.4. The molecule has 1 aromatic rings. The first-order chi connectivity index (χ1) is 18.6. The van der Waals surface area contributed by atoms with Gasteiger partial charge in [0.2, 0.25) is 11.3 Å². The Bertz CT molecular complexity index is 1230. The van der Waals surface area contributed by atoms with E-state index in [1.54, 1.807) is 13.8 Å². The molecule has 0 saturated heterocycles. The second-order valence-corrected chi connectivity index (χ2v) is 11.9. The molecule has 0 aromatic heterocycles. The van der Waals surface area contributed by atoms with Gasteiger partial charge in [-0.2, -0.15) is 13.2 Å². The van der Waals surface area contributed by atoms with Crippen LogP contribution >= 0.6 is 0 Å². The molecule has 8 nitrogen and oxygen atoms in total. The number of rotatable bonds is 6. The maximum atomic E-state index is 15.3. The fourth-order valence-corrected chi connectivity index (χ4v) is 6.50. The van der Waals surface area contributed by atoms with Gasteiger partial charge in [0.25, 0.3) is 11.8 Å². The zero-order valence-electron chi connectivity index (χ0n) is 24.0. The zero-order valence-corrected chi connectivity index (χ0v) is 24.0. The molecule has 11 heteroatoms. The summed E-state index contributed by atoms with van der Waals surface area (Å²) in [6.45, 7) is 7.55. The van der Waals surface area contributed by atoms with E-state index in [0.717, 1.165) is 12.8 Å². The van der Waals surface area contributed by atoms with Gasteiger partial charge >= 0.3 is 6.18 Å². The lowest BCUT2D eigenvalue weighted by molar-refractivity contribution is -0.192. The van der Waals surface area contributed by atoms with E-state index in [1.807, 2.05) is 19.2 Å². The number of benzene rings is 1. The number of carbonyl (C=O) groups is 3. The third-order valence-electron chi connectivity index (χ3n) is 8.71. The minimum absolute atomic E-state index is 0.0489. The normalized spacial score (nSPS) is 28.4. The fraction of sp³-hybridized carbons (Fsp3) is 0.621. The topological polar surface area (TPSA) is 94.2 Å². The number of halogens is 3. The van der Waals surface area contributed by atoms with E-state index in [0.29, 0.717) is 6.42 Å². The highest BCUT2D eigenvalue weighted by Gasteiger charge is 2.72. The number of nitrogens with zero attached hydrogens (tertiary/aromatic N) is 1. The molecule has 1 aromatic carbocycles. The minimum atomic E-state index is -5.30. The van der Waals surface area contributed by atoms with Crippen LogP contribution in [0.2, 0.25) is 0 Å². The Morgan fingerprint density at radius 3 is 2.12 bits per heavy atom. The summed E-state index contributed by atoms with van der Waals surface area (Å²) in [5.74, 6) is -3.00. The summed E-state index contributed by atoms with van der Waals surface area (Å²) < 4.78 is 61.6. The summed E-state index contributed by atoms with van der Waals surface area (Å²) in [5.41, 5.74) is -5.03. The Kier molecular flexibility index (Phi) is 7.66. The van der Waals surface area contributed by atoms with Crippen LogP contribution < -0.4 is 19.5 Å². The molecule has 0 radical (unpaired) electrons. The Balaban J connectivity index is 1.90. The van der Waals surface area contributed by atoms with Crippen molar-refractivity contribution < 1.29 is 41.8 Å². The minimum Gasteiger partial charge on any atom is -0.493 e. The van der Waals surface area contributed by atoms with E-state index in [-0.39, 0.29) is 53.2 Å². The maximum absolute atomic E-state index is 15.3. The molecule has 4 atom stereocenters. The molecule has 1 saturated carbocycles. The van der Waals surface area contributed by atoms with Crippen molar-refractivity contribution in [3.8, 4) is 17.2 Å². The van der Waals surface area contributed by atoms with Gasteiger partial charge in [0.1, 0.15) is 0 Å². The number of ether oxygens (including phenoxy) is 3. The van der Waals surface area contributed by atoms with Crippen LogP contribution in [0.3, 0.4) is 0 Å². The Labute approximate surface area is 232 Å². The van der Waals surface area contributed by atoms with Gasteiger partial charge in [0.05, 0.1) is 26.9 Å². The predicted octanol–water partition coefficient (Wildman–Crippen LogP) is 5.05. The molecular formula is C29H37F3N2O6. The summed E-state index contributed by atoms with van der Waals surface area (Å²) in [7, 11) is 3.96. The molecule has 2 amide bonds. The van der Waals surface area contributed by atoms with Crippen LogP contribution in [0.25, 0.3) is 0 Å². The molecule has 1 heterocycles. The van der Waals surface area contributed by atoms with E-state index < -0.39 is 46.3 Å². The van der Waals surface area contributed by atoms with Crippen LogP contribution in [-0.4, -0.2) is 61.6 Å². The van der Waals surface area contributed by atoms with Gasteiger partial charge in [-0.15, -0.1) is 0 Å². The van der Waals surface area contributed by atoms with Crippen molar-refractivity contribution in [1.29, 1.82) is 0 Å². The lowest BCUT2D eigenvalue weighted by Crippen LogP contribution is -2.67. The first-order valence-corrected chi connectivity index (χ1v) is 13.4. The average molecular weight is 567 g/mol. The number of ketones is 1. The number of allylic oxidation sites excluding steroid dienone is 1. The number of hydrogen-bond donors (Lipinski definition) is 1. The smallest absolute Gasteiger partial charge is 0.425 e. The molecule has 0 bridgehead atoms. The molecule has 4 unspecified atom stereocenters. The fourth-order valence-electron chi connectivity index (χ4n) is 6.50. The SMILES string of the molecule is COc1cc(C(=O)NC2(C(F)(F)F)C(=O)N(C3CCCC(C)C3C)C3=C2C(=O)CC(C)(C)C3)cc(OC)c1OC. The van der Waals surface area contributed by atoms with Gasteiger partial charge in [0.15, 0.2) is 17.3 Å². The van der Waals surface area contributed by atoms with Crippen molar-refractivity contribution in [2.45, 2.75) is 77.6 Å². The molecule has 1 fully saturated rings. The quantitative estimate of drug-likeness (QED) is 0.518. The van der Waals surface area contributed by atoms with Crippen molar-refractivity contribution in [3.05, 3.63) is 29.0 Å². The Morgan fingerprint density at radius 2 is 1.60 bits per heavy atom. The van der Waals surface area contributed by atoms with E-state index in [4.69, 9.17) is 14.2 Å². The highest BCUT2D eigenvalue weighted by atomic mass is 19.4. The monoisotopic (exact) mass is 566 g/mol. The molecule has 2 aliphatic carbocycles. The highest BCUT2D eigenvalue weighted by Crippen LogP contribution is 2.54. The van der Waals surface area contributed by atoms with Crippen molar-refractivity contribution >= 4 is 17.6 Å². The molecule has 1 aliphatic heterocycles. The second kappa shape index (κ2) is 10.3.